The molecule has 0 radical (unpaired) electrons. The smallest absolute Gasteiger partial charge is 0.354 e. The van der Waals surface area contributed by atoms with Crippen molar-refractivity contribution in [1.82, 2.24) is 15.1 Å². The molecule has 2 aliphatic rings. The zero-order valence-electron chi connectivity index (χ0n) is 12.8. The molecule has 0 saturated heterocycles. The van der Waals surface area contributed by atoms with Crippen LogP contribution in [0.3, 0.4) is 0 Å². The van der Waals surface area contributed by atoms with Crippen molar-refractivity contribution in [3.05, 3.63) is 29.6 Å². The summed E-state index contributed by atoms with van der Waals surface area (Å²) >= 11 is 0. The molecule has 0 aliphatic heterocycles. The Morgan fingerprint density at radius 2 is 2.09 bits per heavy atom. The molecular weight excluding hydrogens is 307 g/mol. The lowest BCUT2D eigenvalue weighted by Crippen LogP contribution is -2.33. The van der Waals surface area contributed by atoms with Gasteiger partial charge in [-0.3, -0.25) is 9.48 Å². The van der Waals surface area contributed by atoms with Crippen LogP contribution in [0.2, 0.25) is 0 Å². The van der Waals surface area contributed by atoms with Gasteiger partial charge in [-0.05, 0) is 38.2 Å². The van der Waals surface area contributed by atoms with Crippen molar-refractivity contribution in [2.75, 3.05) is 6.54 Å². The standard InChI is InChI=1S/C16H20F3N3O/c17-16(18,19)14-10-13(11-6-7-11)22(21-14)9-8-20-15(23)12-4-2-1-3-5-12/h1-2,10-12H,3-9H2,(H,20,23). The van der Waals surface area contributed by atoms with E-state index in [1.54, 1.807) is 0 Å². The molecule has 4 nitrogen and oxygen atoms in total. The lowest BCUT2D eigenvalue weighted by atomic mass is 9.94. The van der Waals surface area contributed by atoms with E-state index < -0.39 is 11.9 Å². The van der Waals surface area contributed by atoms with Gasteiger partial charge in [0.05, 0.1) is 6.54 Å². The molecule has 3 rings (SSSR count). The largest absolute Gasteiger partial charge is 0.435 e. The quantitative estimate of drug-likeness (QED) is 0.844. The van der Waals surface area contributed by atoms with Crippen LogP contribution in [0, 0.1) is 5.92 Å². The number of rotatable bonds is 5. The van der Waals surface area contributed by atoms with E-state index in [4.69, 9.17) is 0 Å². The number of hydrogen-bond acceptors (Lipinski definition) is 2. The first-order valence-corrected chi connectivity index (χ1v) is 8.03. The van der Waals surface area contributed by atoms with E-state index in [-0.39, 0.29) is 24.3 Å². The third-order valence-corrected chi connectivity index (χ3v) is 4.36. The first kappa shape index (κ1) is 16.1. The van der Waals surface area contributed by atoms with Crippen LogP contribution in [-0.4, -0.2) is 22.2 Å². The molecule has 1 unspecified atom stereocenters. The first-order valence-electron chi connectivity index (χ1n) is 8.03. The predicted molar refractivity (Wildman–Crippen MR) is 78.7 cm³/mol. The molecule has 1 fully saturated rings. The molecule has 1 amide bonds. The maximum Gasteiger partial charge on any atom is 0.435 e. The summed E-state index contributed by atoms with van der Waals surface area (Å²) in [6.07, 6.45) is 3.92. The Bertz CT molecular complexity index is 602. The second kappa shape index (κ2) is 6.37. The Morgan fingerprint density at radius 3 is 2.70 bits per heavy atom. The third kappa shape index (κ3) is 3.95. The number of nitrogens with one attached hydrogen (secondary N) is 1. The van der Waals surface area contributed by atoms with Crippen LogP contribution in [0.4, 0.5) is 13.2 Å². The Kier molecular flexibility index (Phi) is 4.46. The number of alkyl halides is 3. The molecule has 1 saturated carbocycles. The van der Waals surface area contributed by atoms with Gasteiger partial charge in [0.15, 0.2) is 5.69 Å². The minimum atomic E-state index is -4.42. The van der Waals surface area contributed by atoms with Crippen LogP contribution in [0.25, 0.3) is 0 Å². The van der Waals surface area contributed by atoms with Gasteiger partial charge in [-0.25, -0.2) is 0 Å². The third-order valence-electron chi connectivity index (χ3n) is 4.36. The molecule has 0 spiro atoms. The number of halogens is 3. The van der Waals surface area contributed by atoms with Crippen LogP contribution >= 0.6 is 0 Å². The van der Waals surface area contributed by atoms with Gasteiger partial charge in [0, 0.05) is 24.1 Å². The Balaban J connectivity index is 1.58. The molecule has 2 aliphatic carbocycles. The van der Waals surface area contributed by atoms with E-state index in [0.717, 1.165) is 38.2 Å². The van der Waals surface area contributed by atoms with Crippen LogP contribution in [0.15, 0.2) is 18.2 Å². The lowest BCUT2D eigenvalue weighted by molar-refractivity contribution is -0.141. The van der Waals surface area contributed by atoms with Gasteiger partial charge in [0.1, 0.15) is 0 Å². The monoisotopic (exact) mass is 327 g/mol. The summed E-state index contributed by atoms with van der Waals surface area (Å²) in [5.41, 5.74) is -0.213. The fourth-order valence-electron chi connectivity index (χ4n) is 2.92. The highest BCUT2D eigenvalue weighted by Gasteiger charge is 2.37. The minimum Gasteiger partial charge on any atom is -0.354 e. The maximum absolute atomic E-state index is 12.8. The molecular formula is C16H20F3N3O. The van der Waals surface area contributed by atoms with Gasteiger partial charge in [-0.1, -0.05) is 12.2 Å². The Labute approximate surface area is 132 Å². The molecule has 7 heteroatoms. The molecule has 1 aromatic heterocycles. The van der Waals surface area contributed by atoms with Gasteiger partial charge < -0.3 is 5.32 Å². The normalized spacial score (nSPS) is 21.4. The summed E-state index contributed by atoms with van der Waals surface area (Å²) in [5.74, 6) is 0.134. The molecule has 1 atom stereocenters. The topological polar surface area (TPSA) is 46.9 Å². The Morgan fingerprint density at radius 1 is 1.30 bits per heavy atom. The van der Waals surface area contributed by atoms with Crippen LogP contribution < -0.4 is 5.32 Å². The zero-order chi connectivity index (χ0) is 16.4. The molecule has 1 N–H and O–H groups in total. The van der Waals surface area contributed by atoms with Gasteiger partial charge in [0.25, 0.3) is 0 Å². The van der Waals surface area contributed by atoms with Crippen molar-refractivity contribution in [1.29, 1.82) is 0 Å². The summed E-state index contributed by atoms with van der Waals surface area (Å²) in [6, 6.07) is 1.14. The van der Waals surface area contributed by atoms with Crippen molar-refractivity contribution in [3.63, 3.8) is 0 Å². The van der Waals surface area contributed by atoms with E-state index in [0.29, 0.717) is 12.2 Å². The van der Waals surface area contributed by atoms with Crippen molar-refractivity contribution < 1.29 is 18.0 Å². The summed E-state index contributed by atoms with van der Waals surface area (Å²) in [7, 11) is 0. The first-order chi connectivity index (χ1) is 10.9. The molecule has 1 heterocycles. The average molecular weight is 327 g/mol. The van der Waals surface area contributed by atoms with E-state index in [1.165, 1.54) is 4.68 Å². The van der Waals surface area contributed by atoms with Gasteiger partial charge in [-0.2, -0.15) is 18.3 Å². The van der Waals surface area contributed by atoms with E-state index in [2.05, 4.69) is 16.5 Å². The lowest BCUT2D eigenvalue weighted by Gasteiger charge is -2.17. The van der Waals surface area contributed by atoms with Crippen molar-refractivity contribution >= 4 is 5.91 Å². The number of allylic oxidation sites excluding steroid dienone is 2. The average Bonchev–Trinajstić information content (AvgIpc) is 3.27. The van der Waals surface area contributed by atoms with E-state index >= 15 is 0 Å². The zero-order valence-corrected chi connectivity index (χ0v) is 12.8. The number of carbonyl (C=O) groups excluding carboxylic acids is 1. The van der Waals surface area contributed by atoms with Crippen LogP contribution in [0.5, 0.6) is 0 Å². The second-order valence-electron chi connectivity index (χ2n) is 6.22. The fourth-order valence-corrected chi connectivity index (χ4v) is 2.92. The van der Waals surface area contributed by atoms with Crippen molar-refractivity contribution in [3.8, 4) is 0 Å². The van der Waals surface area contributed by atoms with Gasteiger partial charge in [-0.15, -0.1) is 0 Å². The highest BCUT2D eigenvalue weighted by Crippen LogP contribution is 2.42. The highest BCUT2D eigenvalue weighted by molar-refractivity contribution is 5.78. The highest BCUT2D eigenvalue weighted by atomic mass is 19.4. The second-order valence-corrected chi connectivity index (χ2v) is 6.22. The Hall–Kier alpha value is -1.79. The van der Waals surface area contributed by atoms with Crippen LogP contribution in [0.1, 0.15) is 49.4 Å². The maximum atomic E-state index is 12.8. The minimum absolute atomic E-state index is 0.0220. The summed E-state index contributed by atoms with van der Waals surface area (Å²) < 4.78 is 39.8. The number of nitrogens with zero attached hydrogens (tertiary/aromatic N) is 2. The van der Waals surface area contributed by atoms with Crippen LogP contribution in [-0.2, 0) is 17.5 Å². The number of carbonyl (C=O) groups is 1. The van der Waals surface area contributed by atoms with Crippen molar-refractivity contribution in [2.24, 2.45) is 5.92 Å². The van der Waals surface area contributed by atoms with E-state index in [1.807, 2.05) is 6.08 Å². The molecule has 0 bridgehead atoms. The molecule has 23 heavy (non-hydrogen) atoms. The summed E-state index contributed by atoms with van der Waals surface area (Å²) in [6.45, 7) is 0.577. The fraction of sp³-hybridized carbons (Fsp3) is 0.625. The molecule has 0 aromatic carbocycles. The predicted octanol–water partition coefficient (Wildman–Crippen LogP) is 3.25. The van der Waals surface area contributed by atoms with Gasteiger partial charge >= 0.3 is 6.18 Å². The number of amides is 1. The molecule has 126 valence electrons. The molecule has 1 aromatic rings. The number of hydrogen-bond donors (Lipinski definition) is 1. The van der Waals surface area contributed by atoms with E-state index in [9.17, 15) is 18.0 Å². The summed E-state index contributed by atoms with van der Waals surface area (Å²) in [4.78, 5) is 12.0. The SMILES string of the molecule is O=C(NCCn1nc(C(F)(F)F)cc1C1CC1)C1CC=CCC1. The number of aromatic nitrogens is 2. The van der Waals surface area contributed by atoms with Crippen molar-refractivity contribution in [2.45, 2.75) is 50.7 Å². The summed E-state index contributed by atoms with van der Waals surface area (Å²) in [5, 5.41) is 6.50. The van der Waals surface area contributed by atoms with Gasteiger partial charge in [0.2, 0.25) is 5.91 Å².